The van der Waals surface area contributed by atoms with E-state index in [1.54, 1.807) is 24.2 Å². The largest absolute Gasteiger partial charge is 0.497 e. The van der Waals surface area contributed by atoms with Gasteiger partial charge in [-0.05, 0) is 50.0 Å². The first-order valence-electron chi connectivity index (χ1n) is 10.0. The van der Waals surface area contributed by atoms with Crippen LogP contribution in [-0.4, -0.2) is 41.0 Å². The Morgan fingerprint density at radius 3 is 2.67 bits per heavy atom. The van der Waals surface area contributed by atoms with Gasteiger partial charge in [-0.2, -0.15) is 0 Å². The summed E-state index contributed by atoms with van der Waals surface area (Å²) >= 11 is 0. The predicted octanol–water partition coefficient (Wildman–Crippen LogP) is 3.43. The van der Waals surface area contributed by atoms with Crippen molar-refractivity contribution in [2.45, 2.75) is 25.7 Å². The molecule has 2 aliphatic carbocycles. The number of fused-ring (bicyclic) bond motifs is 1. The van der Waals surface area contributed by atoms with Crippen LogP contribution in [0.2, 0.25) is 0 Å². The fourth-order valence-corrected chi connectivity index (χ4v) is 5.14. The quantitative estimate of drug-likeness (QED) is 0.628. The van der Waals surface area contributed by atoms with Gasteiger partial charge in [-0.3, -0.25) is 14.4 Å². The van der Waals surface area contributed by atoms with E-state index in [2.05, 4.69) is 4.98 Å². The van der Waals surface area contributed by atoms with Gasteiger partial charge in [0.25, 0.3) is 5.91 Å². The normalized spacial score (nSPS) is 23.7. The maximum atomic E-state index is 13.0. The van der Waals surface area contributed by atoms with Crippen molar-refractivity contribution in [1.82, 2.24) is 9.88 Å². The fraction of sp³-hybridized carbons (Fsp3) is 0.292. The number of amides is 1. The molecule has 2 heterocycles. The van der Waals surface area contributed by atoms with Crippen molar-refractivity contribution in [2.24, 2.45) is 5.92 Å². The van der Waals surface area contributed by atoms with Crippen molar-refractivity contribution >= 4 is 23.5 Å². The van der Waals surface area contributed by atoms with Crippen LogP contribution < -0.4 is 4.74 Å². The average Bonchev–Trinajstić information content (AvgIpc) is 3.17. The minimum absolute atomic E-state index is 0.0525. The summed E-state index contributed by atoms with van der Waals surface area (Å²) in [5.41, 5.74) is 3.87. The topological polar surface area (TPSA) is 79.5 Å². The molecule has 1 amide bonds. The zero-order valence-electron chi connectivity index (χ0n) is 17.1. The van der Waals surface area contributed by atoms with Gasteiger partial charge >= 0.3 is 0 Å². The summed E-state index contributed by atoms with van der Waals surface area (Å²) in [7, 11) is 1.61. The number of hydrogen-bond acceptors (Lipinski definition) is 4. The van der Waals surface area contributed by atoms with E-state index < -0.39 is 5.41 Å². The van der Waals surface area contributed by atoms with Crippen molar-refractivity contribution in [3.05, 3.63) is 70.2 Å². The van der Waals surface area contributed by atoms with Crippen LogP contribution in [0.5, 0.6) is 5.75 Å². The maximum absolute atomic E-state index is 13.0. The average molecular weight is 402 g/mol. The highest BCUT2D eigenvalue weighted by Crippen LogP contribution is 2.67. The second-order valence-corrected chi connectivity index (χ2v) is 8.25. The number of H-pyrrole nitrogens is 1. The highest BCUT2D eigenvalue weighted by Gasteiger charge is 2.68. The monoisotopic (exact) mass is 402 g/mol. The number of ether oxygens (including phenoxy) is 1. The molecule has 1 saturated heterocycles. The molecule has 2 fully saturated rings. The van der Waals surface area contributed by atoms with Crippen LogP contribution in [0.15, 0.2) is 42.1 Å². The molecule has 3 aliphatic rings. The molecule has 152 valence electrons. The van der Waals surface area contributed by atoms with Crippen molar-refractivity contribution < 1.29 is 19.1 Å². The van der Waals surface area contributed by atoms with Crippen LogP contribution in [0.25, 0.3) is 6.08 Å². The number of carbonyl (C=O) groups is 3. The van der Waals surface area contributed by atoms with Gasteiger partial charge in [0.2, 0.25) is 5.78 Å². The molecular weight excluding hydrogens is 380 g/mol. The first-order valence-corrected chi connectivity index (χ1v) is 10.0. The number of aromatic amines is 1. The number of aryl methyl sites for hydroxylation is 1. The van der Waals surface area contributed by atoms with Gasteiger partial charge in [0.15, 0.2) is 5.78 Å². The molecule has 5 rings (SSSR count). The SMILES string of the molecule is COc1ccc(/C=C/C(=O)N2C[C@H]3C[C@@]34C2=CC(=O)c2[nH]c(C)c(C(C)=O)c24)cc1. The van der Waals surface area contributed by atoms with E-state index in [4.69, 9.17) is 4.74 Å². The van der Waals surface area contributed by atoms with Crippen LogP contribution >= 0.6 is 0 Å². The number of piperidine rings is 1. The third kappa shape index (κ3) is 2.46. The second-order valence-electron chi connectivity index (χ2n) is 8.25. The number of hydrogen-bond donors (Lipinski definition) is 1. The molecule has 1 aliphatic heterocycles. The summed E-state index contributed by atoms with van der Waals surface area (Å²) in [5.74, 6) is 0.609. The number of benzene rings is 1. The van der Waals surface area contributed by atoms with Crippen LogP contribution in [0, 0.1) is 12.8 Å². The second kappa shape index (κ2) is 6.29. The zero-order valence-corrected chi connectivity index (χ0v) is 17.1. The van der Waals surface area contributed by atoms with Crippen LogP contribution in [0.4, 0.5) is 0 Å². The van der Waals surface area contributed by atoms with Crippen molar-refractivity contribution in [1.29, 1.82) is 0 Å². The Hall–Kier alpha value is -3.41. The van der Waals surface area contributed by atoms with E-state index in [9.17, 15) is 14.4 Å². The number of rotatable bonds is 4. The summed E-state index contributed by atoms with van der Waals surface area (Å²) in [5, 5.41) is 0. The Morgan fingerprint density at radius 2 is 2.00 bits per heavy atom. The first-order chi connectivity index (χ1) is 14.4. The molecule has 0 radical (unpaired) electrons. The number of likely N-dealkylation sites (tertiary alicyclic amines) is 1. The molecule has 1 aromatic carbocycles. The van der Waals surface area contributed by atoms with E-state index in [1.165, 1.54) is 13.0 Å². The molecule has 6 heteroatoms. The van der Waals surface area contributed by atoms with Gasteiger partial charge < -0.3 is 14.6 Å². The standard InChI is InChI=1S/C24H22N2O4/c1-13-21(14(2)27)22-23(25-13)18(28)10-19-24(22)11-16(24)12-26(19)20(29)9-6-15-4-7-17(30-3)8-5-15/h4-10,16,25H,11-12H2,1-3H3/b9-6+/t16-,24+/m1/s1. The minimum Gasteiger partial charge on any atom is -0.497 e. The van der Waals surface area contributed by atoms with Crippen LogP contribution in [0.3, 0.4) is 0 Å². The summed E-state index contributed by atoms with van der Waals surface area (Å²) in [6.07, 6.45) is 5.74. The number of methoxy groups -OCH3 is 1. The Kier molecular flexibility index (Phi) is 3.90. The van der Waals surface area contributed by atoms with E-state index in [-0.39, 0.29) is 23.4 Å². The minimum atomic E-state index is -0.390. The number of Topliss-reactive ketones (excluding diaryl/α,β-unsaturated/α-hetero) is 1. The third-order valence-corrected chi connectivity index (χ3v) is 6.56. The summed E-state index contributed by atoms with van der Waals surface area (Å²) < 4.78 is 5.15. The number of allylic oxidation sites excluding steroid dienone is 2. The first kappa shape index (κ1) is 18.6. The lowest BCUT2D eigenvalue weighted by Gasteiger charge is -2.27. The number of nitrogens with one attached hydrogen (secondary N) is 1. The van der Waals surface area contributed by atoms with Crippen LogP contribution in [-0.2, 0) is 10.2 Å². The predicted molar refractivity (Wildman–Crippen MR) is 111 cm³/mol. The maximum Gasteiger partial charge on any atom is 0.250 e. The number of ketones is 2. The van der Waals surface area contributed by atoms with Crippen molar-refractivity contribution in [3.8, 4) is 5.75 Å². The van der Waals surface area contributed by atoms with E-state index in [0.29, 0.717) is 17.8 Å². The molecule has 1 aromatic heterocycles. The van der Waals surface area contributed by atoms with Crippen LogP contribution in [0.1, 0.15) is 51.0 Å². The van der Waals surface area contributed by atoms with E-state index in [0.717, 1.165) is 34.7 Å². The Bertz CT molecular complexity index is 1170. The molecule has 0 unspecified atom stereocenters. The highest BCUT2D eigenvalue weighted by molar-refractivity contribution is 6.12. The fourth-order valence-electron chi connectivity index (χ4n) is 5.14. The van der Waals surface area contributed by atoms with Gasteiger partial charge in [-0.15, -0.1) is 0 Å². The van der Waals surface area contributed by atoms with Gasteiger partial charge in [0.1, 0.15) is 5.75 Å². The molecule has 1 N–H and O–H groups in total. The van der Waals surface area contributed by atoms with Crippen molar-refractivity contribution in [3.63, 3.8) is 0 Å². The van der Waals surface area contributed by atoms with Gasteiger partial charge in [0, 0.05) is 46.6 Å². The smallest absolute Gasteiger partial charge is 0.250 e. The Balaban J connectivity index is 1.47. The molecule has 2 atom stereocenters. The van der Waals surface area contributed by atoms with E-state index in [1.807, 2.05) is 31.2 Å². The summed E-state index contributed by atoms with van der Waals surface area (Å²) in [6, 6.07) is 7.43. The third-order valence-electron chi connectivity index (χ3n) is 6.56. The molecule has 6 nitrogen and oxygen atoms in total. The lowest BCUT2D eigenvalue weighted by Crippen LogP contribution is -2.33. The lowest BCUT2D eigenvalue weighted by molar-refractivity contribution is -0.123. The highest BCUT2D eigenvalue weighted by atomic mass is 16.5. The Labute approximate surface area is 174 Å². The molecule has 1 spiro atoms. The zero-order chi connectivity index (χ0) is 21.2. The number of aromatic nitrogens is 1. The van der Waals surface area contributed by atoms with Gasteiger partial charge in [-0.1, -0.05) is 12.1 Å². The van der Waals surface area contributed by atoms with E-state index >= 15 is 0 Å². The molecular formula is C24H22N2O4. The lowest BCUT2D eigenvalue weighted by atomic mass is 9.82. The van der Waals surface area contributed by atoms with Gasteiger partial charge in [0.05, 0.1) is 12.8 Å². The van der Waals surface area contributed by atoms with Gasteiger partial charge in [-0.25, -0.2) is 0 Å². The Morgan fingerprint density at radius 1 is 1.27 bits per heavy atom. The summed E-state index contributed by atoms with van der Waals surface area (Å²) in [4.78, 5) is 42.9. The number of nitrogens with zero attached hydrogens (tertiary/aromatic N) is 1. The number of carbonyl (C=O) groups excluding carboxylic acids is 3. The summed E-state index contributed by atoms with van der Waals surface area (Å²) in [6.45, 7) is 3.92. The molecule has 30 heavy (non-hydrogen) atoms. The molecule has 1 saturated carbocycles. The molecule has 0 bridgehead atoms. The van der Waals surface area contributed by atoms with Crippen molar-refractivity contribution in [2.75, 3.05) is 13.7 Å². The molecule has 2 aromatic rings.